The lowest BCUT2D eigenvalue weighted by atomic mass is 10.2. The first-order valence-electron chi connectivity index (χ1n) is 7.75. The molecule has 0 unspecified atom stereocenters. The third kappa shape index (κ3) is 3.80. The molecule has 0 bridgehead atoms. The van der Waals surface area contributed by atoms with Crippen molar-refractivity contribution in [3.05, 3.63) is 90.9 Å². The van der Waals surface area contributed by atoms with Crippen LogP contribution in [0.2, 0.25) is 0 Å². The van der Waals surface area contributed by atoms with Gasteiger partial charge in [-0.2, -0.15) is 0 Å². The number of anilines is 1. The Kier molecular flexibility index (Phi) is 5.13. The highest BCUT2D eigenvalue weighted by molar-refractivity contribution is 9.10. The van der Waals surface area contributed by atoms with Gasteiger partial charge in [0.1, 0.15) is 5.56 Å². The number of benzene rings is 1. The number of H-pyrrole nitrogens is 1. The molecule has 2 N–H and O–H groups in total. The number of rotatable bonds is 4. The molecule has 8 heteroatoms. The number of aromatic amines is 1. The third-order valence-electron chi connectivity index (χ3n) is 3.77. The molecule has 2 heterocycles. The van der Waals surface area contributed by atoms with Crippen molar-refractivity contribution in [2.24, 2.45) is 0 Å². The molecule has 0 aliphatic rings. The van der Waals surface area contributed by atoms with Gasteiger partial charge >= 0.3 is 5.69 Å². The van der Waals surface area contributed by atoms with E-state index in [4.69, 9.17) is 0 Å². The Labute approximate surface area is 156 Å². The Bertz CT molecular complexity index is 1070. The second-order valence-corrected chi connectivity index (χ2v) is 6.49. The minimum Gasteiger partial charge on any atom is -0.322 e. The Morgan fingerprint density at radius 2 is 2.08 bits per heavy atom. The van der Waals surface area contributed by atoms with Crippen molar-refractivity contribution in [3.8, 4) is 0 Å². The standard InChI is InChI=1S/C18H15BrN4O3/c1-11-8-12(5-6-15(11)19)22-16(24)14-9-21-18(26)23(17(14)25)10-13-4-2-3-7-20-13/h2-9H,10H2,1H3,(H,21,26)(H,22,24). The van der Waals surface area contributed by atoms with Gasteiger partial charge in [0.05, 0.1) is 12.2 Å². The van der Waals surface area contributed by atoms with Crippen LogP contribution in [0.1, 0.15) is 21.6 Å². The Hall–Kier alpha value is -3.00. The number of nitrogens with one attached hydrogen (secondary N) is 2. The summed E-state index contributed by atoms with van der Waals surface area (Å²) in [5.74, 6) is -0.595. The van der Waals surface area contributed by atoms with Crippen molar-refractivity contribution < 1.29 is 4.79 Å². The lowest BCUT2D eigenvalue weighted by Gasteiger charge is -2.09. The van der Waals surface area contributed by atoms with Crippen molar-refractivity contribution >= 4 is 27.5 Å². The molecule has 0 fully saturated rings. The fourth-order valence-corrected chi connectivity index (χ4v) is 2.64. The van der Waals surface area contributed by atoms with E-state index in [-0.39, 0.29) is 12.1 Å². The van der Waals surface area contributed by atoms with Crippen LogP contribution in [0.3, 0.4) is 0 Å². The molecule has 0 atom stereocenters. The molecule has 3 aromatic rings. The molecule has 7 nitrogen and oxygen atoms in total. The summed E-state index contributed by atoms with van der Waals surface area (Å²) in [6.07, 6.45) is 2.70. The molecule has 26 heavy (non-hydrogen) atoms. The van der Waals surface area contributed by atoms with Gasteiger partial charge in [0.15, 0.2) is 0 Å². The molecule has 3 rings (SSSR count). The van der Waals surface area contributed by atoms with Crippen molar-refractivity contribution in [2.75, 3.05) is 5.32 Å². The smallest absolute Gasteiger partial charge is 0.322 e. The fraction of sp³-hybridized carbons (Fsp3) is 0.111. The maximum atomic E-state index is 12.6. The largest absolute Gasteiger partial charge is 0.328 e. The molecule has 2 aromatic heterocycles. The normalized spacial score (nSPS) is 10.5. The average Bonchev–Trinajstić information content (AvgIpc) is 2.62. The van der Waals surface area contributed by atoms with Crippen LogP contribution >= 0.6 is 15.9 Å². The zero-order chi connectivity index (χ0) is 18.7. The van der Waals surface area contributed by atoms with E-state index in [2.05, 4.69) is 31.2 Å². The quantitative estimate of drug-likeness (QED) is 0.684. The summed E-state index contributed by atoms with van der Waals surface area (Å²) in [5.41, 5.74) is 0.610. The zero-order valence-electron chi connectivity index (χ0n) is 13.8. The number of carbonyl (C=O) groups is 1. The van der Waals surface area contributed by atoms with Crippen molar-refractivity contribution in [1.82, 2.24) is 14.5 Å². The summed E-state index contributed by atoms with van der Waals surface area (Å²) in [4.78, 5) is 43.6. The Morgan fingerprint density at radius 1 is 1.27 bits per heavy atom. The number of carbonyl (C=O) groups excluding carboxylic acids is 1. The molecule has 132 valence electrons. The predicted octanol–water partition coefficient (Wildman–Crippen LogP) is 2.30. The molecule has 0 saturated carbocycles. The molecule has 0 spiro atoms. The van der Waals surface area contributed by atoms with Crippen LogP contribution < -0.4 is 16.6 Å². The van der Waals surface area contributed by atoms with Crippen molar-refractivity contribution in [1.29, 1.82) is 0 Å². The van der Waals surface area contributed by atoms with E-state index in [9.17, 15) is 14.4 Å². The molecule has 0 aliphatic heterocycles. The van der Waals surface area contributed by atoms with E-state index in [1.54, 1.807) is 42.6 Å². The number of halogens is 1. The van der Waals surface area contributed by atoms with Gasteiger partial charge in [0, 0.05) is 22.6 Å². The first-order chi connectivity index (χ1) is 12.5. The topological polar surface area (TPSA) is 96.8 Å². The van der Waals surface area contributed by atoms with Crippen LogP contribution in [0.5, 0.6) is 0 Å². The maximum Gasteiger partial charge on any atom is 0.328 e. The number of aryl methyl sites for hydroxylation is 1. The summed E-state index contributed by atoms with van der Waals surface area (Å²) in [6.45, 7) is 1.87. The third-order valence-corrected chi connectivity index (χ3v) is 4.66. The summed E-state index contributed by atoms with van der Waals surface area (Å²) < 4.78 is 1.86. The van der Waals surface area contributed by atoms with Gasteiger partial charge in [-0.05, 0) is 42.8 Å². The SMILES string of the molecule is Cc1cc(NC(=O)c2c[nH]c(=O)n(Cc3ccccn3)c2=O)ccc1Br. The van der Waals surface area contributed by atoms with Gasteiger partial charge < -0.3 is 10.3 Å². The van der Waals surface area contributed by atoms with E-state index in [0.29, 0.717) is 11.4 Å². The highest BCUT2D eigenvalue weighted by Crippen LogP contribution is 2.20. The fourth-order valence-electron chi connectivity index (χ4n) is 2.39. The van der Waals surface area contributed by atoms with Gasteiger partial charge in [-0.1, -0.05) is 22.0 Å². The first-order valence-corrected chi connectivity index (χ1v) is 8.55. The Balaban J connectivity index is 1.91. The molecule has 0 radical (unpaired) electrons. The molecule has 1 amide bonds. The predicted molar refractivity (Wildman–Crippen MR) is 101 cm³/mol. The van der Waals surface area contributed by atoms with E-state index in [0.717, 1.165) is 20.8 Å². The van der Waals surface area contributed by atoms with Crippen LogP contribution in [0.25, 0.3) is 0 Å². The van der Waals surface area contributed by atoms with Crippen LogP contribution in [0.4, 0.5) is 5.69 Å². The van der Waals surface area contributed by atoms with Crippen LogP contribution in [-0.2, 0) is 6.54 Å². The van der Waals surface area contributed by atoms with E-state index in [1.165, 1.54) is 0 Å². The number of pyridine rings is 1. The maximum absolute atomic E-state index is 12.6. The summed E-state index contributed by atoms with van der Waals surface area (Å²) in [7, 11) is 0. The van der Waals surface area contributed by atoms with Gasteiger partial charge in [-0.3, -0.25) is 19.1 Å². The minimum atomic E-state index is -0.675. The van der Waals surface area contributed by atoms with Gasteiger partial charge in [-0.15, -0.1) is 0 Å². The Morgan fingerprint density at radius 3 is 2.77 bits per heavy atom. The van der Waals surface area contributed by atoms with Crippen molar-refractivity contribution in [2.45, 2.75) is 13.5 Å². The number of hydrogen-bond acceptors (Lipinski definition) is 4. The molecular formula is C18H15BrN4O3. The molecule has 0 saturated heterocycles. The second kappa shape index (κ2) is 7.49. The monoisotopic (exact) mass is 414 g/mol. The average molecular weight is 415 g/mol. The van der Waals surface area contributed by atoms with Crippen LogP contribution in [0, 0.1) is 6.92 Å². The lowest BCUT2D eigenvalue weighted by molar-refractivity contribution is 0.102. The molecule has 0 aliphatic carbocycles. The second-order valence-electron chi connectivity index (χ2n) is 5.64. The highest BCUT2D eigenvalue weighted by atomic mass is 79.9. The van der Waals surface area contributed by atoms with Gasteiger partial charge in [-0.25, -0.2) is 4.79 Å². The number of amides is 1. The van der Waals surface area contributed by atoms with Crippen LogP contribution in [0.15, 0.2) is 62.9 Å². The summed E-state index contributed by atoms with van der Waals surface area (Å²) in [5, 5.41) is 2.67. The number of hydrogen-bond donors (Lipinski definition) is 2. The first kappa shape index (κ1) is 17.8. The van der Waals surface area contributed by atoms with Crippen molar-refractivity contribution in [3.63, 3.8) is 0 Å². The van der Waals surface area contributed by atoms with Crippen LogP contribution in [-0.4, -0.2) is 20.4 Å². The number of nitrogens with zero attached hydrogens (tertiary/aromatic N) is 2. The van der Waals surface area contributed by atoms with E-state index >= 15 is 0 Å². The van der Waals surface area contributed by atoms with E-state index in [1.807, 2.05) is 6.92 Å². The number of aromatic nitrogens is 3. The molecule has 1 aromatic carbocycles. The molecular weight excluding hydrogens is 400 g/mol. The lowest BCUT2D eigenvalue weighted by Crippen LogP contribution is -2.39. The van der Waals surface area contributed by atoms with Gasteiger partial charge in [0.25, 0.3) is 11.5 Å². The summed E-state index contributed by atoms with van der Waals surface area (Å²) in [6, 6.07) is 10.5. The minimum absolute atomic E-state index is 0.0203. The van der Waals surface area contributed by atoms with Gasteiger partial charge in [0.2, 0.25) is 0 Å². The zero-order valence-corrected chi connectivity index (χ0v) is 15.4. The highest BCUT2D eigenvalue weighted by Gasteiger charge is 2.15. The summed E-state index contributed by atoms with van der Waals surface area (Å²) >= 11 is 3.39. The van der Waals surface area contributed by atoms with E-state index < -0.39 is 17.2 Å².